The molecule has 5 aromatic carbocycles. The molecule has 4 heteroatoms. The third-order valence-corrected chi connectivity index (χ3v) is 12.1. The van der Waals surface area contributed by atoms with Crippen molar-refractivity contribution in [3.05, 3.63) is 162 Å². The Labute approximate surface area is 320 Å². The number of furan rings is 1. The number of aromatic nitrogens is 1. The summed E-state index contributed by atoms with van der Waals surface area (Å²) in [4.78, 5) is 1.34. The highest BCUT2D eigenvalue weighted by atomic mass is 32.2. The zero-order valence-electron chi connectivity index (χ0n) is 30.9. The Morgan fingerprint density at radius 3 is 2.54 bits per heavy atom. The van der Waals surface area contributed by atoms with E-state index in [1.165, 1.54) is 21.6 Å². The first-order chi connectivity index (χ1) is 26.5. The summed E-state index contributed by atoms with van der Waals surface area (Å²) in [5, 5.41) is 4.55. The molecule has 0 bridgehead atoms. The molecule has 54 heavy (non-hydrogen) atoms. The second-order valence-electron chi connectivity index (χ2n) is 13.9. The third kappa shape index (κ3) is 5.44. The van der Waals surface area contributed by atoms with Gasteiger partial charge in [0.25, 0.3) is 0 Å². The molecular formula is C50H41NO2S. The Balaban J connectivity index is 1.35. The van der Waals surface area contributed by atoms with E-state index >= 15 is 0 Å². The van der Waals surface area contributed by atoms with Gasteiger partial charge in [-0.05, 0) is 95.6 Å². The summed E-state index contributed by atoms with van der Waals surface area (Å²) in [6.45, 7) is 13.0. The summed E-state index contributed by atoms with van der Waals surface area (Å²) < 4.78 is 15.2. The number of hydrogen-bond acceptors (Lipinski definition) is 3. The minimum absolute atomic E-state index is 0.439. The van der Waals surface area contributed by atoms with Crippen LogP contribution in [0.25, 0.3) is 84.5 Å². The Bertz CT molecular complexity index is 2910. The first-order valence-electron chi connectivity index (χ1n) is 18.6. The maximum absolute atomic E-state index is 6.61. The highest BCUT2D eigenvalue weighted by Gasteiger charge is 2.30. The smallest absolute Gasteiger partial charge is 0.143 e. The number of hydrogen-bond donors (Lipinski definition) is 0. The molecule has 3 heterocycles. The summed E-state index contributed by atoms with van der Waals surface area (Å²) in [6.07, 6.45) is 19.0. The maximum atomic E-state index is 6.61. The quantitative estimate of drug-likeness (QED) is 0.146. The van der Waals surface area contributed by atoms with E-state index in [9.17, 15) is 0 Å². The number of fused-ring (bicyclic) bond motifs is 7. The van der Waals surface area contributed by atoms with Gasteiger partial charge in [-0.1, -0.05) is 117 Å². The summed E-state index contributed by atoms with van der Waals surface area (Å²) in [5.74, 6) is 0.833. The van der Waals surface area contributed by atoms with Crippen molar-refractivity contribution in [3.8, 4) is 33.7 Å². The van der Waals surface area contributed by atoms with Gasteiger partial charge >= 0.3 is 0 Å². The molecule has 264 valence electrons. The average Bonchev–Trinajstić information content (AvgIpc) is 3.87. The number of methoxy groups -OCH3 is 1. The number of para-hydroxylation sites is 2. The number of allylic oxidation sites excluding steroid dienone is 8. The molecule has 7 aromatic rings. The van der Waals surface area contributed by atoms with Gasteiger partial charge in [-0.3, -0.25) is 0 Å². The molecule has 3 nitrogen and oxygen atoms in total. The molecule has 0 radical (unpaired) electrons. The molecule has 1 aliphatic carbocycles. The molecule has 0 saturated carbocycles. The number of nitrogens with zero attached hydrogens (tertiary/aromatic N) is 1. The molecule has 1 unspecified atom stereocenters. The van der Waals surface area contributed by atoms with Gasteiger partial charge in [0.1, 0.15) is 16.7 Å². The van der Waals surface area contributed by atoms with Crippen molar-refractivity contribution in [2.45, 2.75) is 36.8 Å². The largest absolute Gasteiger partial charge is 0.495 e. The summed E-state index contributed by atoms with van der Waals surface area (Å²) >= 11 is 1.99. The summed E-state index contributed by atoms with van der Waals surface area (Å²) in [7, 11) is 1.76. The minimum atomic E-state index is 0.439. The molecule has 0 fully saturated rings. The maximum Gasteiger partial charge on any atom is 0.143 e. The van der Waals surface area contributed by atoms with Crippen molar-refractivity contribution in [1.29, 1.82) is 0 Å². The van der Waals surface area contributed by atoms with E-state index in [1.54, 1.807) is 7.11 Å². The van der Waals surface area contributed by atoms with Gasteiger partial charge in [0.05, 0.1) is 23.5 Å². The Hall–Kier alpha value is -5.97. The lowest BCUT2D eigenvalue weighted by molar-refractivity contribution is 0.419. The Morgan fingerprint density at radius 2 is 1.70 bits per heavy atom. The summed E-state index contributed by atoms with van der Waals surface area (Å²) in [6, 6.07) is 33.1. The second kappa shape index (κ2) is 13.8. The monoisotopic (exact) mass is 719 g/mol. The number of rotatable bonds is 8. The van der Waals surface area contributed by atoms with Gasteiger partial charge < -0.3 is 13.7 Å². The standard InChI is InChI=1S/C50H41NO2S/c1-6-8-16-31(3)36-26-27-44-47(49(36)52-5)42-18-10-12-23-43(42)51(44)35-29-33(38-20-14-19-37-32(4)45(24-9-7-2)53-48(37)38)28-34(30-35)39-21-15-22-41-40-17-11-13-25-46(40)54-50(39)41/h7-24,26-30,46H,3-4,6,25H2,1-2,5H3/b9-7-,16-8-,45-24+. The lowest BCUT2D eigenvalue weighted by Crippen LogP contribution is -2.17. The van der Waals surface area contributed by atoms with Crippen LogP contribution in [0.2, 0.25) is 0 Å². The van der Waals surface area contributed by atoms with E-state index in [-0.39, 0.29) is 0 Å². The molecule has 0 N–H and O–H groups in total. The van der Waals surface area contributed by atoms with E-state index in [4.69, 9.17) is 9.15 Å². The van der Waals surface area contributed by atoms with E-state index < -0.39 is 0 Å². The highest BCUT2D eigenvalue weighted by Crippen LogP contribution is 2.52. The first kappa shape index (κ1) is 33.8. The molecule has 0 saturated heterocycles. The molecule has 2 aliphatic rings. The van der Waals surface area contributed by atoms with Gasteiger partial charge in [-0.25, -0.2) is 0 Å². The van der Waals surface area contributed by atoms with Crippen LogP contribution in [0.3, 0.4) is 0 Å². The van der Waals surface area contributed by atoms with Crippen molar-refractivity contribution in [1.82, 2.24) is 4.57 Å². The highest BCUT2D eigenvalue weighted by molar-refractivity contribution is 8.01. The van der Waals surface area contributed by atoms with Crippen LogP contribution in [0.4, 0.5) is 0 Å². The van der Waals surface area contributed by atoms with Crippen molar-refractivity contribution >= 4 is 68.3 Å². The van der Waals surface area contributed by atoms with Gasteiger partial charge in [-0.2, -0.15) is 0 Å². The van der Waals surface area contributed by atoms with Crippen LogP contribution < -0.4 is 15.4 Å². The number of benzene rings is 5. The van der Waals surface area contributed by atoms with Crippen molar-refractivity contribution < 1.29 is 9.15 Å². The van der Waals surface area contributed by atoms with Crippen LogP contribution in [0.15, 0.2) is 149 Å². The second-order valence-corrected chi connectivity index (χ2v) is 15.1. The van der Waals surface area contributed by atoms with Gasteiger partial charge in [-0.15, -0.1) is 11.8 Å². The Morgan fingerprint density at radius 1 is 0.926 bits per heavy atom. The molecule has 1 atom stereocenters. The molecular weight excluding hydrogens is 679 g/mol. The van der Waals surface area contributed by atoms with E-state index in [0.29, 0.717) is 5.25 Å². The minimum Gasteiger partial charge on any atom is -0.495 e. The summed E-state index contributed by atoms with van der Waals surface area (Å²) in [5.41, 5.74) is 14.0. The molecule has 2 aromatic heterocycles. The molecule has 1 aliphatic heterocycles. The fourth-order valence-electron chi connectivity index (χ4n) is 8.15. The SMILES string of the molecule is C=C(/C=C\CC)c1ccc2c(c1OC)c1ccccc1n2-c1cc(-c2cccc3c2SC2CC=CC=C32)cc(-c2cccc3c(=C)/c(=C\C=C/C)oc23)c1. The number of thioether (sulfide) groups is 1. The molecule has 0 spiro atoms. The first-order valence-corrected chi connectivity index (χ1v) is 19.5. The lowest BCUT2D eigenvalue weighted by Gasteiger charge is -2.16. The van der Waals surface area contributed by atoms with Crippen LogP contribution in [0.1, 0.15) is 37.8 Å². The third-order valence-electron chi connectivity index (χ3n) is 10.7. The van der Waals surface area contributed by atoms with Crippen LogP contribution >= 0.6 is 11.8 Å². The van der Waals surface area contributed by atoms with Gasteiger partial charge in [0.2, 0.25) is 0 Å². The van der Waals surface area contributed by atoms with E-state index in [0.717, 1.165) is 95.5 Å². The average molecular weight is 720 g/mol. The fraction of sp³-hybridized carbons (Fsp3) is 0.120. The van der Waals surface area contributed by atoms with Gasteiger partial charge in [0, 0.05) is 43.0 Å². The van der Waals surface area contributed by atoms with Crippen LogP contribution in [0.5, 0.6) is 5.75 Å². The zero-order valence-corrected chi connectivity index (χ0v) is 31.7. The van der Waals surface area contributed by atoms with Gasteiger partial charge in [0.15, 0.2) is 0 Å². The number of ether oxygens (including phenoxy) is 1. The normalized spacial score (nSPS) is 15.6. The van der Waals surface area contributed by atoms with Crippen molar-refractivity contribution in [2.75, 3.05) is 7.11 Å². The lowest BCUT2D eigenvalue weighted by atomic mass is 9.92. The predicted molar refractivity (Wildman–Crippen MR) is 232 cm³/mol. The molecule has 0 amide bonds. The molecule has 9 rings (SSSR count). The zero-order chi connectivity index (χ0) is 36.9. The fourth-order valence-corrected chi connectivity index (χ4v) is 9.60. The van der Waals surface area contributed by atoms with Crippen molar-refractivity contribution in [2.24, 2.45) is 0 Å². The van der Waals surface area contributed by atoms with Crippen molar-refractivity contribution in [3.63, 3.8) is 0 Å². The van der Waals surface area contributed by atoms with Crippen LogP contribution in [0, 0.1) is 0 Å². The Kier molecular flexibility index (Phi) is 8.64. The van der Waals surface area contributed by atoms with E-state index in [2.05, 4.69) is 146 Å². The topological polar surface area (TPSA) is 27.3 Å². The predicted octanol–water partition coefficient (Wildman–Crippen LogP) is 12.4. The van der Waals surface area contributed by atoms with Crippen LogP contribution in [-0.2, 0) is 0 Å². The van der Waals surface area contributed by atoms with E-state index in [1.807, 2.05) is 36.9 Å². The van der Waals surface area contributed by atoms with Crippen LogP contribution in [-0.4, -0.2) is 16.9 Å².